The van der Waals surface area contributed by atoms with Crippen LogP contribution >= 0.6 is 0 Å². The molecule has 0 aromatic heterocycles. The summed E-state index contributed by atoms with van der Waals surface area (Å²) in [6, 6.07) is 5.84. The van der Waals surface area contributed by atoms with Gasteiger partial charge in [-0.1, -0.05) is 17.9 Å². The molecular formula is C17H19F2NO. The number of fused-ring (bicyclic) bond motifs is 1. The van der Waals surface area contributed by atoms with Crippen LogP contribution in [0.2, 0.25) is 0 Å². The lowest BCUT2D eigenvalue weighted by Gasteiger charge is -2.19. The molecule has 0 radical (unpaired) electrons. The van der Waals surface area contributed by atoms with Crippen molar-refractivity contribution in [3.63, 3.8) is 0 Å². The van der Waals surface area contributed by atoms with Gasteiger partial charge < -0.3 is 9.64 Å². The first-order chi connectivity index (χ1) is 9.93. The molecule has 0 unspecified atom stereocenters. The molecule has 1 fully saturated rings. The van der Waals surface area contributed by atoms with Gasteiger partial charge in [-0.2, -0.15) is 0 Å². The first-order valence-corrected chi connectivity index (χ1v) is 7.25. The number of hydrogen-bond acceptors (Lipinski definition) is 2. The van der Waals surface area contributed by atoms with Crippen LogP contribution in [0.3, 0.4) is 0 Å². The van der Waals surface area contributed by atoms with Crippen LogP contribution in [-0.4, -0.2) is 26.1 Å². The van der Waals surface area contributed by atoms with Crippen LogP contribution in [0.5, 0.6) is 0 Å². The molecule has 3 rings (SSSR count). The van der Waals surface area contributed by atoms with Gasteiger partial charge in [0.15, 0.2) is 0 Å². The summed E-state index contributed by atoms with van der Waals surface area (Å²) in [5.74, 6) is 3.09. The average molecular weight is 291 g/mol. The predicted octanol–water partition coefficient (Wildman–Crippen LogP) is 3.44. The first-order valence-electron chi connectivity index (χ1n) is 7.25. The van der Waals surface area contributed by atoms with Crippen molar-refractivity contribution in [2.45, 2.75) is 32.3 Å². The van der Waals surface area contributed by atoms with Crippen LogP contribution in [0, 0.1) is 17.3 Å². The van der Waals surface area contributed by atoms with Gasteiger partial charge in [0, 0.05) is 37.3 Å². The summed E-state index contributed by atoms with van der Waals surface area (Å²) in [6.07, 6.45) is 0.962. The lowest BCUT2D eigenvalue weighted by Crippen LogP contribution is -2.24. The summed E-state index contributed by atoms with van der Waals surface area (Å²) in [5, 5.41) is 0. The third kappa shape index (κ3) is 2.63. The predicted molar refractivity (Wildman–Crippen MR) is 78.5 cm³/mol. The number of ether oxygens (including phenoxy) is 1. The van der Waals surface area contributed by atoms with Crippen LogP contribution < -0.4 is 4.90 Å². The minimum Gasteiger partial charge on any atom is -0.375 e. The number of halogens is 2. The van der Waals surface area contributed by atoms with Crippen LogP contribution in [0.1, 0.15) is 30.9 Å². The quantitative estimate of drug-likeness (QED) is 0.735. The summed E-state index contributed by atoms with van der Waals surface area (Å²) in [6.45, 7) is 2.94. The Balaban J connectivity index is 1.97. The van der Waals surface area contributed by atoms with E-state index in [0.29, 0.717) is 26.1 Å². The molecule has 1 aromatic rings. The summed E-state index contributed by atoms with van der Waals surface area (Å²) in [7, 11) is 2.01. The zero-order chi connectivity index (χ0) is 15.1. The molecule has 1 saturated carbocycles. The molecule has 0 N–H and O–H groups in total. The maximum atomic E-state index is 13.6. The maximum Gasteiger partial charge on any atom is 0.261 e. The minimum absolute atomic E-state index is 0.481. The van der Waals surface area contributed by atoms with E-state index in [4.69, 9.17) is 4.74 Å². The summed E-state index contributed by atoms with van der Waals surface area (Å²) in [4.78, 5) is 2.12. The topological polar surface area (TPSA) is 12.5 Å². The van der Waals surface area contributed by atoms with Gasteiger partial charge >= 0.3 is 0 Å². The van der Waals surface area contributed by atoms with Crippen molar-refractivity contribution >= 4 is 5.69 Å². The Morgan fingerprint density at radius 2 is 2.10 bits per heavy atom. The van der Waals surface area contributed by atoms with E-state index in [2.05, 4.69) is 16.7 Å². The zero-order valence-electron chi connectivity index (χ0n) is 12.4. The Hall–Kier alpha value is -1.60. The molecule has 1 aliphatic carbocycles. The smallest absolute Gasteiger partial charge is 0.261 e. The largest absolute Gasteiger partial charge is 0.375 e. The van der Waals surface area contributed by atoms with Gasteiger partial charge in [-0.05, 0) is 25.0 Å². The molecule has 112 valence electrons. The van der Waals surface area contributed by atoms with Gasteiger partial charge in [0.2, 0.25) is 0 Å². The van der Waals surface area contributed by atoms with Gasteiger partial charge in [-0.25, -0.2) is 8.78 Å². The summed E-state index contributed by atoms with van der Waals surface area (Å²) in [5.41, 5.74) is 1.76. The van der Waals surface area contributed by atoms with E-state index >= 15 is 0 Å². The van der Waals surface area contributed by atoms with Crippen molar-refractivity contribution in [2.75, 3.05) is 25.1 Å². The molecule has 0 atom stereocenters. The van der Waals surface area contributed by atoms with Crippen molar-refractivity contribution in [3.05, 3.63) is 29.3 Å². The van der Waals surface area contributed by atoms with E-state index in [1.807, 2.05) is 25.2 Å². The van der Waals surface area contributed by atoms with E-state index in [0.717, 1.165) is 30.3 Å². The molecule has 1 aromatic carbocycles. The molecule has 21 heavy (non-hydrogen) atoms. The SMILES string of the molecule is CN1CCOCc2c(C#CC3(C(C)(F)F)CC3)cccc21. The van der Waals surface area contributed by atoms with Crippen LogP contribution in [0.15, 0.2) is 18.2 Å². The number of nitrogens with zero attached hydrogens (tertiary/aromatic N) is 1. The Labute approximate surface area is 124 Å². The highest BCUT2D eigenvalue weighted by molar-refractivity contribution is 5.61. The monoisotopic (exact) mass is 291 g/mol. The highest BCUT2D eigenvalue weighted by Crippen LogP contribution is 2.56. The molecule has 0 saturated heterocycles. The highest BCUT2D eigenvalue weighted by Gasteiger charge is 2.58. The fourth-order valence-corrected chi connectivity index (χ4v) is 2.68. The van der Waals surface area contributed by atoms with Crippen molar-refractivity contribution in [3.8, 4) is 11.8 Å². The van der Waals surface area contributed by atoms with Gasteiger partial charge in [-0.15, -0.1) is 0 Å². The fourth-order valence-electron chi connectivity index (χ4n) is 2.68. The molecule has 2 aliphatic rings. The number of likely N-dealkylation sites (N-methyl/N-ethyl adjacent to an activating group) is 1. The molecule has 0 bridgehead atoms. The fraction of sp³-hybridized carbons (Fsp3) is 0.529. The molecular weight excluding hydrogens is 272 g/mol. The molecule has 0 amide bonds. The van der Waals surface area contributed by atoms with Crippen molar-refractivity contribution < 1.29 is 13.5 Å². The average Bonchev–Trinajstić information content (AvgIpc) is 3.22. The number of rotatable bonds is 1. The number of alkyl halides is 2. The molecule has 4 heteroatoms. The Morgan fingerprint density at radius 3 is 2.76 bits per heavy atom. The van der Waals surface area contributed by atoms with Gasteiger partial charge in [0.1, 0.15) is 0 Å². The molecule has 1 aliphatic heterocycles. The summed E-state index contributed by atoms with van der Waals surface area (Å²) < 4.78 is 32.8. The van der Waals surface area contributed by atoms with Gasteiger partial charge in [-0.3, -0.25) is 0 Å². The Kier molecular flexibility index (Phi) is 3.41. The Bertz CT molecular complexity index is 605. The van der Waals surface area contributed by atoms with E-state index in [1.165, 1.54) is 0 Å². The molecule has 1 heterocycles. The first kappa shape index (κ1) is 14.3. The standard InChI is InChI=1S/C17H19F2NO/c1-16(18,19)17(8-9-17)7-6-13-4-3-5-15-14(13)12-21-11-10-20(15)2/h3-5H,8-12H2,1-2H3. The third-order valence-corrected chi connectivity index (χ3v) is 4.41. The number of anilines is 1. The third-order valence-electron chi connectivity index (χ3n) is 4.41. The zero-order valence-corrected chi connectivity index (χ0v) is 12.4. The van der Waals surface area contributed by atoms with Crippen LogP contribution in [0.25, 0.3) is 0 Å². The lowest BCUT2D eigenvalue weighted by atomic mass is 9.98. The van der Waals surface area contributed by atoms with Gasteiger partial charge in [0.05, 0.1) is 18.6 Å². The molecule has 2 nitrogen and oxygen atoms in total. The second-order valence-electron chi connectivity index (χ2n) is 6.00. The van der Waals surface area contributed by atoms with Crippen LogP contribution in [-0.2, 0) is 11.3 Å². The van der Waals surface area contributed by atoms with E-state index in [1.54, 1.807) is 0 Å². The number of benzene rings is 1. The summed E-state index contributed by atoms with van der Waals surface area (Å²) >= 11 is 0. The van der Waals surface area contributed by atoms with Crippen molar-refractivity contribution in [1.29, 1.82) is 0 Å². The second-order valence-corrected chi connectivity index (χ2v) is 6.00. The van der Waals surface area contributed by atoms with E-state index in [9.17, 15) is 8.78 Å². The van der Waals surface area contributed by atoms with Crippen LogP contribution in [0.4, 0.5) is 14.5 Å². The Morgan fingerprint density at radius 1 is 1.33 bits per heavy atom. The van der Waals surface area contributed by atoms with Crippen molar-refractivity contribution in [1.82, 2.24) is 0 Å². The van der Waals surface area contributed by atoms with Gasteiger partial charge in [0.25, 0.3) is 5.92 Å². The maximum absolute atomic E-state index is 13.6. The normalized spacial score (nSPS) is 20.1. The molecule has 0 spiro atoms. The van der Waals surface area contributed by atoms with E-state index < -0.39 is 11.3 Å². The second kappa shape index (κ2) is 4.99. The minimum atomic E-state index is -2.74. The van der Waals surface area contributed by atoms with Crippen molar-refractivity contribution in [2.24, 2.45) is 5.41 Å². The lowest BCUT2D eigenvalue weighted by molar-refractivity contribution is -0.0294. The van der Waals surface area contributed by atoms with E-state index in [-0.39, 0.29) is 0 Å². The highest BCUT2D eigenvalue weighted by atomic mass is 19.3. The number of hydrogen-bond donors (Lipinski definition) is 0.